The number of hydrogen-bond donors (Lipinski definition) is 2. The largest absolute Gasteiger partial charge is 0.394 e. The van der Waals surface area contributed by atoms with Gasteiger partial charge in [0.15, 0.2) is 0 Å². The molecule has 1 aromatic heterocycles. The summed E-state index contributed by atoms with van der Waals surface area (Å²) in [5.41, 5.74) is 2.44. The van der Waals surface area contributed by atoms with Gasteiger partial charge in [-0.3, -0.25) is 0 Å². The van der Waals surface area contributed by atoms with Crippen molar-refractivity contribution in [2.75, 3.05) is 19.7 Å². The molecule has 2 N–H and O–H groups in total. The Morgan fingerprint density at radius 1 is 1.62 bits per heavy atom. The molecular weight excluding hydrogens is 286 g/mol. The lowest BCUT2D eigenvalue weighted by Gasteiger charge is -2.38. The van der Waals surface area contributed by atoms with E-state index in [1.54, 1.807) is 16.8 Å². The van der Waals surface area contributed by atoms with E-state index in [-0.39, 0.29) is 18.2 Å². The molecule has 118 valence electrons. The number of likely N-dealkylation sites (tertiary alicyclic amines) is 1. The van der Waals surface area contributed by atoms with Crippen molar-refractivity contribution in [3.63, 3.8) is 0 Å². The second-order valence-electron chi connectivity index (χ2n) is 6.20. The van der Waals surface area contributed by atoms with Crippen LogP contribution in [0.25, 0.3) is 0 Å². The number of carbonyl (C=O) groups excluding carboxylic acids is 1. The molecule has 2 rings (SSSR count). The third-order valence-electron chi connectivity index (χ3n) is 4.06. The minimum absolute atomic E-state index is 0.0463. The smallest absolute Gasteiger partial charge is 0.317 e. The van der Waals surface area contributed by atoms with Crippen LogP contribution in [-0.4, -0.2) is 46.3 Å². The molecule has 1 aliphatic rings. The number of thiazole rings is 1. The summed E-state index contributed by atoms with van der Waals surface area (Å²) in [6, 6.07) is -0.0579. The molecule has 5 nitrogen and oxygen atoms in total. The van der Waals surface area contributed by atoms with Gasteiger partial charge in [-0.2, -0.15) is 0 Å². The Bertz CT molecular complexity index is 450. The van der Waals surface area contributed by atoms with Gasteiger partial charge in [-0.05, 0) is 25.2 Å². The van der Waals surface area contributed by atoms with Crippen LogP contribution in [0.5, 0.6) is 0 Å². The molecule has 0 aromatic carbocycles. The number of hydrogen-bond acceptors (Lipinski definition) is 4. The summed E-state index contributed by atoms with van der Waals surface area (Å²) in [5, 5.41) is 14.8. The monoisotopic (exact) mass is 311 g/mol. The van der Waals surface area contributed by atoms with Crippen molar-refractivity contribution in [1.82, 2.24) is 15.2 Å². The van der Waals surface area contributed by atoms with E-state index in [1.807, 2.05) is 10.3 Å². The lowest BCUT2D eigenvalue weighted by molar-refractivity contribution is 0.0677. The fourth-order valence-electron chi connectivity index (χ4n) is 3.21. The normalized spacial score (nSPS) is 22.0. The van der Waals surface area contributed by atoms with Crippen LogP contribution in [0, 0.1) is 5.92 Å². The molecule has 1 aromatic rings. The molecule has 0 radical (unpaired) electrons. The maximum Gasteiger partial charge on any atom is 0.317 e. The molecule has 21 heavy (non-hydrogen) atoms. The van der Waals surface area contributed by atoms with Crippen molar-refractivity contribution in [3.05, 3.63) is 16.6 Å². The van der Waals surface area contributed by atoms with Gasteiger partial charge in [0.1, 0.15) is 0 Å². The Morgan fingerprint density at radius 2 is 2.43 bits per heavy atom. The van der Waals surface area contributed by atoms with E-state index in [2.05, 4.69) is 24.1 Å². The SMILES string of the molecule is CC(C)C[C@@]1(CO)CCCN1C(=O)NCCc1cscn1. The average molecular weight is 311 g/mol. The number of carbonyl (C=O) groups is 1. The molecule has 1 atom stereocenters. The number of urea groups is 1. The van der Waals surface area contributed by atoms with Crippen molar-refractivity contribution in [2.45, 2.75) is 45.1 Å². The lowest BCUT2D eigenvalue weighted by Crippen LogP contribution is -2.54. The zero-order valence-electron chi connectivity index (χ0n) is 12.8. The fourth-order valence-corrected chi connectivity index (χ4v) is 3.80. The van der Waals surface area contributed by atoms with Crippen LogP contribution in [0.1, 0.15) is 38.8 Å². The molecule has 1 aliphatic heterocycles. The fraction of sp³-hybridized carbons (Fsp3) is 0.733. The van der Waals surface area contributed by atoms with Crippen LogP contribution in [0.4, 0.5) is 4.79 Å². The highest BCUT2D eigenvalue weighted by atomic mass is 32.1. The molecule has 0 spiro atoms. The summed E-state index contributed by atoms with van der Waals surface area (Å²) < 4.78 is 0. The third-order valence-corrected chi connectivity index (χ3v) is 4.70. The first-order valence-corrected chi connectivity index (χ1v) is 8.55. The first-order valence-electron chi connectivity index (χ1n) is 7.61. The molecule has 1 saturated heterocycles. The molecule has 2 amide bonds. The highest BCUT2D eigenvalue weighted by Crippen LogP contribution is 2.34. The average Bonchev–Trinajstić information content (AvgIpc) is 3.08. The Balaban J connectivity index is 1.90. The summed E-state index contributed by atoms with van der Waals surface area (Å²) in [5.74, 6) is 0.459. The highest BCUT2D eigenvalue weighted by Gasteiger charge is 2.43. The van der Waals surface area contributed by atoms with Crippen molar-refractivity contribution < 1.29 is 9.90 Å². The summed E-state index contributed by atoms with van der Waals surface area (Å²) in [6.45, 7) is 5.63. The highest BCUT2D eigenvalue weighted by molar-refractivity contribution is 7.07. The number of nitrogens with zero attached hydrogens (tertiary/aromatic N) is 2. The lowest BCUT2D eigenvalue weighted by atomic mass is 9.87. The standard InChI is InChI=1S/C15H25N3O2S/c1-12(2)8-15(10-19)5-3-7-18(15)14(20)16-6-4-13-9-21-11-17-13/h9,11-12,19H,3-8,10H2,1-2H3,(H,16,20)/t15-/m1/s1. The summed E-state index contributed by atoms with van der Waals surface area (Å²) in [6.07, 6.45) is 3.45. The van der Waals surface area contributed by atoms with Crippen LogP contribution in [-0.2, 0) is 6.42 Å². The van der Waals surface area contributed by atoms with Crippen LogP contribution < -0.4 is 5.32 Å². The molecule has 0 unspecified atom stereocenters. The molecule has 0 saturated carbocycles. The number of nitrogens with one attached hydrogen (secondary N) is 1. The molecule has 0 bridgehead atoms. The predicted molar refractivity (Wildman–Crippen MR) is 84.4 cm³/mol. The molecular formula is C15H25N3O2S. The Morgan fingerprint density at radius 3 is 3.05 bits per heavy atom. The van der Waals surface area contributed by atoms with Crippen molar-refractivity contribution in [2.24, 2.45) is 5.92 Å². The first-order chi connectivity index (χ1) is 10.1. The number of aromatic nitrogens is 1. The Labute approximate surface area is 130 Å². The van der Waals surface area contributed by atoms with Crippen LogP contribution in [0.3, 0.4) is 0 Å². The van der Waals surface area contributed by atoms with E-state index < -0.39 is 0 Å². The van der Waals surface area contributed by atoms with Gasteiger partial charge in [0.2, 0.25) is 0 Å². The van der Waals surface area contributed by atoms with Gasteiger partial charge in [0.25, 0.3) is 0 Å². The van der Waals surface area contributed by atoms with Gasteiger partial charge in [-0.1, -0.05) is 13.8 Å². The number of aliphatic hydroxyl groups excluding tert-OH is 1. The van der Waals surface area contributed by atoms with Crippen LogP contribution in [0.15, 0.2) is 10.9 Å². The number of amides is 2. The predicted octanol–water partition coefficient (Wildman–Crippen LogP) is 2.27. The van der Waals surface area contributed by atoms with Crippen molar-refractivity contribution in [3.8, 4) is 0 Å². The zero-order chi connectivity index (χ0) is 15.3. The topological polar surface area (TPSA) is 65.5 Å². The van der Waals surface area contributed by atoms with Gasteiger partial charge in [-0.15, -0.1) is 11.3 Å². The van der Waals surface area contributed by atoms with Crippen molar-refractivity contribution >= 4 is 17.4 Å². The van der Waals surface area contributed by atoms with E-state index >= 15 is 0 Å². The molecule has 0 aliphatic carbocycles. The van der Waals surface area contributed by atoms with Crippen molar-refractivity contribution in [1.29, 1.82) is 0 Å². The summed E-state index contributed by atoms with van der Waals surface area (Å²) in [4.78, 5) is 18.5. The first kappa shape index (κ1) is 16.2. The summed E-state index contributed by atoms with van der Waals surface area (Å²) >= 11 is 1.57. The van der Waals surface area contributed by atoms with E-state index in [0.717, 1.165) is 37.9 Å². The number of aliphatic hydroxyl groups is 1. The number of rotatable bonds is 6. The van der Waals surface area contributed by atoms with Gasteiger partial charge < -0.3 is 15.3 Å². The second-order valence-corrected chi connectivity index (χ2v) is 6.92. The molecule has 1 fully saturated rings. The maximum atomic E-state index is 12.4. The summed E-state index contributed by atoms with van der Waals surface area (Å²) in [7, 11) is 0. The Hall–Kier alpha value is -1.14. The quantitative estimate of drug-likeness (QED) is 0.847. The van der Waals surface area contributed by atoms with E-state index in [0.29, 0.717) is 12.5 Å². The second kappa shape index (κ2) is 7.22. The minimum Gasteiger partial charge on any atom is -0.394 e. The van der Waals surface area contributed by atoms with E-state index in [1.165, 1.54) is 0 Å². The zero-order valence-corrected chi connectivity index (χ0v) is 13.7. The minimum atomic E-state index is -0.376. The Kier molecular flexibility index (Phi) is 5.58. The third kappa shape index (κ3) is 3.95. The van der Waals surface area contributed by atoms with Crippen LogP contribution in [0.2, 0.25) is 0 Å². The van der Waals surface area contributed by atoms with E-state index in [9.17, 15) is 9.90 Å². The van der Waals surface area contributed by atoms with Gasteiger partial charge in [0, 0.05) is 24.9 Å². The van der Waals surface area contributed by atoms with Gasteiger partial charge in [-0.25, -0.2) is 9.78 Å². The molecule has 2 heterocycles. The van der Waals surface area contributed by atoms with Gasteiger partial charge in [0.05, 0.1) is 23.4 Å². The van der Waals surface area contributed by atoms with Gasteiger partial charge >= 0.3 is 6.03 Å². The maximum absolute atomic E-state index is 12.4. The van der Waals surface area contributed by atoms with E-state index in [4.69, 9.17) is 0 Å². The molecule has 6 heteroatoms. The van der Waals surface area contributed by atoms with Crippen LogP contribution >= 0.6 is 11.3 Å².